The molecule has 0 unspecified atom stereocenters. The molecule has 164 valence electrons. The van der Waals surface area contributed by atoms with Crippen LogP contribution in [0.2, 0.25) is 0 Å². The summed E-state index contributed by atoms with van der Waals surface area (Å²) in [5, 5.41) is 11.8. The van der Waals surface area contributed by atoms with Crippen LogP contribution in [-0.2, 0) is 0 Å². The van der Waals surface area contributed by atoms with Crippen LogP contribution in [0.25, 0.3) is 0 Å². The number of anilines is 3. The number of aromatic nitrogens is 3. The van der Waals surface area contributed by atoms with Crippen molar-refractivity contribution in [3.63, 3.8) is 0 Å². The Morgan fingerprint density at radius 3 is 2.38 bits per heavy atom. The minimum absolute atomic E-state index is 0.150. The fraction of sp³-hybridized carbons (Fsp3) is 0.200. The molecule has 0 aliphatic carbocycles. The topological polar surface area (TPSA) is 129 Å². The van der Waals surface area contributed by atoms with E-state index in [1.807, 2.05) is 18.2 Å². The first-order valence-corrected chi connectivity index (χ1v) is 9.75. The molecule has 1 amide bonds. The van der Waals surface area contributed by atoms with E-state index in [0.717, 1.165) is 18.0 Å². The summed E-state index contributed by atoms with van der Waals surface area (Å²) >= 11 is 0. The number of carbonyl (C=O) groups is 1. The largest absolute Gasteiger partial charge is 0.355 e. The lowest BCUT2D eigenvalue weighted by atomic mass is 10.2. The molecule has 3 aromatic rings. The van der Waals surface area contributed by atoms with Crippen molar-refractivity contribution in [1.82, 2.24) is 20.4 Å². The van der Waals surface area contributed by atoms with Crippen LogP contribution >= 0.6 is 0 Å². The second kappa shape index (κ2) is 9.20. The number of hydrazine groups is 1. The van der Waals surface area contributed by atoms with Gasteiger partial charge in [0.1, 0.15) is 18.0 Å². The van der Waals surface area contributed by atoms with Gasteiger partial charge in [-0.3, -0.25) is 25.8 Å². The van der Waals surface area contributed by atoms with E-state index < -0.39 is 16.6 Å². The summed E-state index contributed by atoms with van der Waals surface area (Å²) in [5.74, 6) is -0.223. The number of nitro groups is 1. The molecule has 32 heavy (non-hydrogen) atoms. The SMILES string of the molecule is O=C(NNc1ncnc(N2CCN(c3ccccn3)CC2)c1[N+](=O)[O-])c1ccc(F)cc1. The summed E-state index contributed by atoms with van der Waals surface area (Å²) in [6.07, 6.45) is 2.91. The second-order valence-electron chi connectivity index (χ2n) is 6.90. The van der Waals surface area contributed by atoms with Crippen molar-refractivity contribution >= 4 is 29.0 Å². The molecular weight excluding hydrogens is 419 g/mol. The monoisotopic (exact) mass is 438 g/mol. The van der Waals surface area contributed by atoms with E-state index in [0.29, 0.717) is 26.2 Å². The number of carbonyl (C=O) groups excluding carboxylic acids is 1. The average Bonchev–Trinajstić information content (AvgIpc) is 2.83. The lowest BCUT2D eigenvalue weighted by Crippen LogP contribution is -2.47. The zero-order chi connectivity index (χ0) is 22.5. The smallest absolute Gasteiger partial charge is 0.353 e. The van der Waals surface area contributed by atoms with Crippen LogP contribution in [-0.4, -0.2) is 52.0 Å². The van der Waals surface area contributed by atoms with Crippen LogP contribution < -0.4 is 20.7 Å². The van der Waals surface area contributed by atoms with Crippen molar-refractivity contribution in [2.24, 2.45) is 0 Å². The maximum absolute atomic E-state index is 13.0. The summed E-state index contributed by atoms with van der Waals surface area (Å²) in [5.41, 5.74) is 4.67. The lowest BCUT2D eigenvalue weighted by molar-refractivity contribution is -0.383. The molecule has 4 rings (SSSR count). The van der Waals surface area contributed by atoms with Crippen molar-refractivity contribution in [2.45, 2.75) is 0 Å². The molecule has 1 saturated heterocycles. The van der Waals surface area contributed by atoms with Gasteiger partial charge in [0.2, 0.25) is 11.6 Å². The molecule has 2 N–H and O–H groups in total. The van der Waals surface area contributed by atoms with Gasteiger partial charge in [-0.25, -0.2) is 19.3 Å². The number of halogens is 1. The first-order valence-electron chi connectivity index (χ1n) is 9.75. The number of hydrogen-bond donors (Lipinski definition) is 2. The lowest BCUT2D eigenvalue weighted by Gasteiger charge is -2.35. The molecule has 0 spiro atoms. The van der Waals surface area contributed by atoms with E-state index in [1.165, 1.54) is 18.5 Å². The van der Waals surface area contributed by atoms with E-state index in [2.05, 4.69) is 30.7 Å². The zero-order valence-corrected chi connectivity index (χ0v) is 16.8. The van der Waals surface area contributed by atoms with Gasteiger partial charge >= 0.3 is 5.69 Å². The third kappa shape index (κ3) is 4.53. The third-order valence-corrected chi connectivity index (χ3v) is 4.94. The molecular formula is C20H19FN8O3. The van der Waals surface area contributed by atoms with Crippen molar-refractivity contribution in [3.8, 4) is 0 Å². The van der Waals surface area contributed by atoms with Crippen LogP contribution in [0.15, 0.2) is 55.0 Å². The number of amides is 1. The molecule has 12 heteroatoms. The highest BCUT2D eigenvalue weighted by atomic mass is 19.1. The van der Waals surface area contributed by atoms with Gasteiger partial charge in [-0.05, 0) is 36.4 Å². The molecule has 0 atom stereocenters. The quantitative estimate of drug-likeness (QED) is 0.438. The summed E-state index contributed by atoms with van der Waals surface area (Å²) in [7, 11) is 0. The van der Waals surface area contributed by atoms with Crippen molar-refractivity contribution in [2.75, 3.05) is 41.4 Å². The minimum atomic E-state index is -0.594. The van der Waals surface area contributed by atoms with Crippen LogP contribution in [0.3, 0.4) is 0 Å². The number of nitrogens with one attached hydrogen (secondary N) is 2. The highest BCUT2D eigenvalue weighted by molar-refractivity contribution is 5.95. The van der Waals surface area contributed by atoms with Gasteiger partial charge in [0, 0.05) is 37.9 Å². The standard InChI is InChI=1S/C20H19FN8O3/c21-15-6-4-14(5-7-15)20(30)26-25-18-17(29(31)32)19(24-13-23-18)28-11-9-27(10-12-28)16-3-1-2-8-22-16/h1-8,13H,9-12H2,(H,26,30)(H,23,24,25). The number of pyridine rings is 1. The molecule has 0 radical (unpaired) electrons. The predicted molar refractivity (Wildman–Crippen MR) is 115 cm³/mol. The molecule has 1 aromatic carbocycles. The number of nitrogens with zero attached hydrogens (tertiary/aromatic N) is 6. The Balaban J connectivity index is 1.48. The average molecular weight is 438 g/mol. The molecule has 1 fully saturated rings. The van der Waals surface area contributed by atoms with E-state index in [4.69, 9.17) is 0 Å². The summed E-state index contributed by atoms with van der Waals surface area (Å²) in [6.45, 7) is 2.22. The third-order valence-electron chi connectivity index (χ3n) is 4.94. The maximum Gasteiger partial charge on any atom is 0.355 e. The van der Waals surface area contributed by atoms with Crippen molar-refractivity contribution in [3.05, 3.63) is 76.5 Å². The Morgan fingerprint density at radius 1 is 1.00 bits per heavy atom. The van der Waals surface area contributed by atoms with Gasteiger partial charge < -0.3 is 9.80 Å². The zero-order valence-electron chi connectivity index (χ0n) is 16.8. The van der Waals surface area contributed by atoms with Crippen molar-refractivity contribution in [1.29, 1.82) is 0 Å². The van der Waals surface area contributed by atoms with E-state index in [1.54, 1.807) is 11.1 Å². The highest BCUT2D eigenvalue weighted by Crippen LogP contribution is 2.32. The summed E-state index contributed by atoms with van der Waals surface area (Å²) < 4.78 is 13.0. The van der Waals surface area contributed by atoms with E-state index >= 15 is 0 Å². The van der Waals surface area contributed by atoms with Crippen molar-refractivity contribution < 1.29 is 14.1 Å². The molecule has 1 aliphatic heterocycles. The molecule has 1 aliphatic rings. The van der Waals surface area contributed by atoms with Crippen LogP contribution in [0.4, 0.5) is 27.5 Å². The second-order valence-corrected chi connectivity index (χ2v) is 6.90. The first kappa shape index (κ1) is 20.9. The van der Waals surface area contributed by atoms with Gasteiger partial charge in [0.15, 0.2) is 0 Å². The fourth-order valence-corrected chi connectivity index (χ4v) is 3.34. The fourth-order valence-electron chi connectivity index (χ4n) is 3.34. The van der Waals surface area contributed by atoms with Gasteiger partial charge in [-0.15, -0.1) is 0 Å². The molecule has 2 aromatic heterocycles. The van der Waals surface area contributed by atoms with Gasteiger partial charge in [0.25, 0.3) is 5.91 Å². The normalized spacial score (nSPS) is 13.5. The van der Waals surface area contributed by atoms with Crippen LogP contribution in [0, 0.1) is 15.9 Å². The Hall–Kier alpha value is -4.35. The first-order chi connectivity index (χ1) is 15.5. The Labute approximate surface area is 182 Å². The Morgan fingerprint density at radius 2 is 1.72 bits per heavy atom. The Kier molecular flexibility index (Phi) is 6.01. The number of hydrogen-bond acceptors (Lipinski definition) is 9. The van der Waals surface area contributed by atoms with Gasteiger partial charge in [0.05, 0.1) is 4.92 Å². The maximum atomic E-state index is 13.0. The Bertz CT molecular complexity index is 1110. The van der Waals surface area contributed by atoms with Gasteiger partial charge in [-0.1, -0.05) is 6.07 Å². The summed E-state index contributed by atoms with van der Waals surface area (Å²) in [6, 6.07) is 10.5. The van der Waals surface area contributed by atoms with E-state index in [9.17, 15) is 19.3 Å². The van der Waals surface area contributed by atoms with Crippen LogP contribution in [0.5, 0.6) is 0 Å². The molecule has 0 bridgehead atoms. The minimum Gasteiger partial charge on any atom is -0.353 e. The van der Waals surface area contributed by atoms with E-state index in [-0.39, 0.29) is 22.9 Å². The molecule has 3 heterocycles. The van der Waals surface area contributed by atoms with Crippen LogP contribution in [0.1, 0.15) is 10.4 Å². The van der Waals surface area contributed by atoms with Gasteiger partial charge in [-0.2, -0.15) is 0 Å². The number of rotatable bonds is 6. The molecule has 11 nitrogen and oxygen atoms in total. The molecule has 0 saturated carbocycles. The number of piperazine rings is 1. The predicted octanol–water partition coefficient (Wildman–Crippen LogP) is 2.00. The number of benzene rings is 1. The highest BCUT2D eigenvalue weighted by Gasteiger charge is 2.29. The summed E-state index contributed by atoms with van der Waals surface area (Å²) in [4.78, 5) is 39.7.